The molecular formula is C14H19ClN2O3. The third-order valence-electron chi connectivity index (χ3n) is 3.55. The number of hydrogen-bond acceptors (Lipinski definition) is 4. The van der Waals surface area contributed by atoms with Gasteiger partial charge in [0.1, 0.15) is 0 Å². The monoisotopic (exact) mass is 298 g/mol. The van der Waals surface area contributed by atoms with E-state index in [1.54, 1.807) is 12.1 Å². The number of nitrogens with two attached hydrogens (primary N) is 1. The average Bonchev–Trinajstić information content (AvgIpc) is 2.43. The van der Waals surface area contributed by atoms with Crippen molar-refractivity contribution in [1.29, 1.82) is 0 Å². The molecule has 2 unspecified atom stereocenters. The van der Waals surface area contributed by atoms with Crippen LogP contribution in [0.2, 0.25) is 5.02 Å². The Kier molecular flexibility index (Phi) is 4.99. The third kappa shape index (κ3) is 3.49. The van der Waals surface area contributed by atoms with Gasteiger partial charge in [-0.3, -0.25) is 9.69 Å². The second-order valence-corrected chi connectivity index (χ2v) is 5.49. The highest BCUT2D eigenvalue weighted by atomic mass is 35.5. The largest absolute Gasteiger partial charge is 0.394 e. The lowest BCUT2D eigenvalue weighted by Crippen LogP contribution is -2.48. The summed E-state index contributed by atoms with van der Waals surface area (Å²) in [6.45, 7) is 3.98. The number of rotatable bonds is 4. The Bertz CT molecular complexity index is 495. The number of aliphatic hydroxyl groups excluding tert-OH is 1. The van der Waals surface area contributed by atoms with Crippen LogP contribution in [-0.4, -0.2) is 47.8 Å². The summed E-state index contributed by atoms with van der Waals surface area (Å²) >= 11 is 6.20. The van der Waals surface area contributed by atoms with Crippen LogP contribution in [0, 0.1) is 0 Å². The van der Waals surface area contributed by atoms with Crippen LogP contribution >= 0.6 is 11.6 Å². The standard InChI is InChI=1S/C14H19ClN2O3/c1-9-8-20-12(7-18)6-17(9)5-11-3-2-10(14(16)19)4-13(11)15/h2-4,9,12,18H,5-8H2,1H3,(H2,16,19). The third-order valence-corrected chi connectivity index (χ3v) is 3.90. The normalized spacial score (nSPS) is 23.8. The zero-order valence-electron chi connectivity index (χ0n) is 11.4. The van der Waals surface area contributed by atoms with Crippen molar-refractivity contribution in [3.8, 4) is 0 Å². The second-order valence-electron chi connectivity index (χ2n) is 5.09. The Hall–Kier alpha value is -1.14. The molecule has 2 rings (SSSR count). The van der Waals surface area contributed by atoms with Crippen LogP contribution in [0.1, 0.15) is 22.8 Å². The Morgan fingerprint density at radius 1 is 1.60 bits per heavy atom. The van der Waals surface area contributed by atoms with E-state index in [9.17, 15) is 9.90 Å². The van der Waals surface area contributed by atoms with Gasteiger partial charge in [-0.15, -0.1) is 0 Å². The summed E-state index contributed by atoms with van der Waals surface area (Å²) < 4.78 is 5.50. The molecule has 0 bridgehead atoms. The van der Waals surface area contributed by atoms with Crippen molar-refractivity contribution in [3.63, 3.8) is 0 Å². The quantitative estimate of drug-likeness (QED) is 0.870. The molecule has 0 radical (unpaired) electrons. The molecule has 0 spiro atoms. The first kappa shape index (κ1) is 15.3. The number of carbonyl (C=O) groups is 1. The van der Waals surface area contributed by atoms with E-state index in [1.165, 1.54) is 0 Å². The zero-order chi connectivity index (χ0) is 14.7. The molecule has 3 N–H and O–H groups in total. The van der Waals surface area contributed by atoms with Gasteiger partial charge in [0.2, 0.25) is 5.91 Å². The molecule has 5 nitrogen and oxygen atoms in total. The number of carbonyl (C=O) groups excluding carboxylic acids is 1. The second kappa shape index (κ2) is 6.54. The maximum absolute atomic E-state index is 11.1. The Labute approximate surface area is 123 Å². The number of amides is 1. The van der Waals surface area contributed by atoms with E-state index < -0.39 is 5.91 Å². The highest BCUT2D eigenvalue weighted by Gasteiger charge is 2.26. The van der Waals surface area contributed by atoms with Gasteiger partial charge in [0.25, 0.3) is 0 Å². The summed E-state index contributed by atoms with van der Waals surface area (Å²) in [5.74, 6) is -0.487. The fraction of sp³-hybridized carbons (Fsp3) is 0.500. The van der Waals surface area contributed by atoms with Gasteiger partial charge in [0.05, 0.1) is 19.3 Å². The van der Waals surface area contributed by atoms with Crippen LogP contribution in [0.4, 0.5) is 0 Å². The molecule has 1 heterocycles. The smallest absolute Gasteiger partial charge is 0.248 e. The molecule has 0 aliphatic carbocycles. The van der Waals surface area contributed by atoms with E-state index in [2.05, 4.69) is 11.8 Å². The zero-order valence-corrected chi connectivity index (χ0v) is 12.1. The number of aliphatic hydroxyl groups is 1. The number of hydrogen-bond donors (Lipinski definition) is 2. The number of nitrogens with zero attached hydrogens (tertiary/aromatic N) is 1. The van der Waals surface area contributed by atoms with Gasteiger partial charge in [0, 0.05) is 29.7 Å². The van der Waals surface area contributed by atoms with Crippen molar-refractivity contribution in [2.75, 3.05) is 19.8 Å². The molecule has 6 heteroatoms. The van der Waals surface area contributed by atoms with Crippen LogP contribution < -0.4 is 5.73 Å². The van der Waals surface area contributed by atoms with Crippen LogP contribution in [0.3, 0.4) is 0 Å². The summed E-state index contributed by atoms with van der Waals surface area (Å²) in [6, 6.07) is 5.34. The van der Waals surface area contributed by atoms with Crippen molar-refractivity contribution in [3.05, 3.63) is 34.3 Å². The highest BCUT2D eigenvalue weighted by molar-refractivity contribution is 6.31. The first-order valence-corrected chi connectivity index (χ1v) is 6.93. The minimum absolute atomic E-state index is 0.0115. The predicted molar refractivity (Wildman–Crippen MR) is 76.7 cm³/mol. The van der Waals surface area contributed by atoms with E-state index in [0.717, 1.165) is 5.56 Å². The van der Waals surface area contributed by atoms with Crippen molar-refractivity contribution in [2.45, 2.75) is 25.6 Å². The fourth-order valence-corrected chi connectivity index (χ4v) is 2.49. The molecule has 1 aromatic rings. The van der Waals surface area contributed by atoms with E-state index in [-0.39, 0.29) is 18.8 Å². The molecular weight excluding hydrogens is 280 g/mol. The van der Waals surface area contributed by atoms with E-state index >= 15 is 0 Å². The lowest BCUT2D eigenvalue weighted by Gasteiger charge is -2.37. The molecule has 20 heavy (non-hydrogen) atoms. The summed E-state index contributed by atoms with van der Waals surface area (Å²) in [5.41, 5.74) is 6.56. The Balaban J connectivity index is 2.10. The maximum atomic E-state index is 11.1. The average molecular weight is 299 g/mol. The molecule has 1 fully saturated rings. The van der Waals surface area contributed by atoms with Gasteiger partial charge in [-0.2, -0.15) is 0 Å². The maximum Gasteiger partial charge on any atom is 0.248 e. The Morgan fingerprint density at radius 2 is 2.35 bits per heavy atom. The molecule has 1 saturated heterocycles. The van der Waals surface area contributed by atoms with E-state index in [4.69, 9.17) is 22.1 Å². The van der Waals surface area contributed by atoms with Crippen molar-refractivity contribution in [1.82, 2.24) is 4.90 Å². The van der Waals surface area contributed by atoms with Gasteiger partial charge in [-0.05, 0) is 24.6 Å². The number of halogens is 1. The van der Waals surface area contributed by atoms with E-state index in [1.807, 2.05) is 6.07 Å². The highest BCUT2D eigenvalue weighted by Crippen LogP contribution is 2.22. The summed E-state index contributed by atoms with van der Waals surface area (Å²) in [5, 5.41) is 9.71. The molecule has 2 atom stereocenters. The summed E-state index contributed by atoms with van der Waals surface area (Å²) in [7, 11) is 0. The molecule has 1 aromatic carbocycles. The van der Waals surface area contributed by atoms with Gasteiger partial charge < -0.3 is 15.6 Å². The van der Waals surface area contributed by atoms with Crippen molar-refractivity contribution >= 4 is 17.5 Å². The van der Waals surface area contributed by atoms with Crippen LogP contribution in [-0.2, 0) is 11.3 Å². The van der Waals surface area contributed by atoms with Crippen LogP contribution in [0.25, 0.3) is 0 Å². The Morgan fingerprint density at radius 3 is 2.95 bits per heavy atom. The minimum Gasteiger partial charge on any atom is -0.394 e. The molecule has 1 aliphatic rings. The lowest BCUT2D eigenvalue weighted by atomic mass is 10.1. The van der Waals surface area contributed by atoms with Crippen LogP contribution in [0.15, 0.2) is 18.2 Å². The first-order valence-electron chi connectivity index (χ1n) is 6.56. The number of primary amides is 1. The fourth-order valence-electron chi connectivity index (χ4n) is 2.25. The molecule has 0 saturated carbocycles. The minimum atomic E-state index is -0.487. The summed E-state index contributed by atoms with van der Waals surface area (Å²) in [6.07, 6.45) is -0.158. The number of benzene rings is 1. The molecule has 1 aliphatic heterocycles. The topological polar surface area (TPSA) is 75.8 Å². The lowest BCUT2D eigenvalue weighted by molar-refractivity contribution is -0.0805. The van der Waals surface area contributed by atoms with Gasteiger partial charge in [-0.25, -0.2) is 0 Å². The first-order chi connectivity index (χ1) is 9.51. The van der Waals surface area contributed by atoms with Gasteiger partial charge in [0.15, 0.2) is 0 Å². The number of morpholine rings is 1. The van der Waals surface area contributed by atoms with Gasteiger partial charge in [-0.1, -0.05) is 17.7 Å². The summed E-state index contributed by atoms with van der Waals surface area (Å²) in [4.78, 5) is 13.3. The van der Waals surface area contributed by atoms with E-state index in [0.29, 0.717) is 30.3 Å². The molecule has 0 aromatic heterocycles. The SMILES string of the molecule is CC1COC(CO)CN1Cc1ccc(C(N)=O)cc1Cl. The van der Waals surface area contributed by atoms with Crippen molar-refractivity contribution in [2.24, 2.45) is 5.73 Å². The molecule has 110 valence electrons. The van der Waals surface area contributed by atoms with Gasteiger partial charge >= 0.3 is 0 Å². The van der Waals surface area contributed by atoms with Crippen LogP contribution in [0.5, 0.6) is 0 Å². The van der Waals surface area contributed by atoms with Crippen molar-refractivity contribution < 1.29 is 14.6 Å². The predicted octanol–water partition coefficient (Wildman–Crippen LogP) is 1.02. The molecule has 1 amide bonds. The number of ether oxygens (including phenoxy) is 1.